The molecule has 1 aromatic carbocycles. The van der Waals surface area contributed by atoms with Crippen molar-refractivity contribution in [1.29, 1.82) is 0 Å². The van der Waals surface area contributed by atoms with E-state index in [1.807, 2.05) is 18.2 Å². The van der Waals surface area contributed by atoms with Crippen molar-refractivity contribution in [2.24, 2.45) is 0 Å². The van der Waals surface area contributed by atoms with E-state index in [2.05, 4.69) is 21.9 Å². The number of hydrogen-bond donors (Lipinski definition) is 1. The van der Waals surface area contributed by atoms with Crippen LogP contribution in [0.25, 0.3) is 22.6 Å². The number of nitrogens with zero attached hydrogens (tertiary/aromatic N) is 2. The smallest absolute Gasteiger partial charge is 0.224 e. The number of aromatic amines is 1. The summed E-state index contributed by atoms with van der Waals surface area (Å²) in [5.74, 6) is 1.27. The average molecular weight is 362 g/mol. The molecule has 2 heterocycles. The largest absolute Gasteiger partial charge is 0.477 e. The highest BCUT2D eigenvalue weighted by Crippen LogP contribution is 2.32. The van der Waals surface area contributed by atoms with Gasteiger partial charge in [0.15, 0.2) is 0 Å². The summed E-state index contributed by atoms with van der Waals surface area (Å²) in [5, 5.41) is 1.17. The summed E-state index contributed by atoms with van der Waals surface area (Å²) in [4.78, 5) is 12.0. The van der Waals surface area contributed by atoms with Crippen molar-refractivity contribution in [2.75, 3.05) is 6.61 Å². The molecular formula is C18H17Cl2N3O. The minimum atomic E-state index is 0.573. The van der Waals surface area contributed by atoms with Gasteiger partial charge in [0, 0.05) is 16.8 Å². The molecule has 0 aliphatic rings. The Morgan fingerprint density at radius 2 is 2.00 bits per heavy atom. The number of aromatic nitrogens is 3. The van der Waals surface area contributed by atoms with E-state index in [1.165, 1.54) is 0 Å². The predicted molar refractivity (Wildman–Crippen MR) is 97.7 cm³/mol. The van der Waals surface area contributed by atoms with Crippen molar-refractivity contribution < 1.29 is 4.74 Å². The van der Waals surface area contributed by atoms with E-state index in [9.17, 15) is 0 Å². The lowest BCUT2D eigenvalue weighted by atomic mass is 10.2. The topological polar surface area (TPSA) is 50.8 Å². The fourth-order valence-electron chi connectivity index (χ4n) is 2.30. The molecule has 3 rings (SSSR count). The van der Waals surface area contributed by atoms with Crippen molar-refractivity contribution in [1.82, 2.24) is 15.0 Å². The monoisotopic (exact) mass is 361 g/mol. The fourth-order valence-corrected chi connectivity index (χ4v) is 2.81. The quantitative estimate of drug-likeness (QED) is 0.579. The molecule has 4 nitrogen and oxygen atoms in total. The van der Waals surface area contributed by atoms with E-state index in [1.54, 1.807) is 24.5 Å². The molecule has 0 aliphatic heterocycles. The molecule has 0 fully saturated rings. The van der Waals surface area contributed by atoms with Crippen molar-refractivity contribution >= 4 is 23.2 Å². The molecule has 0 bridgehead atoms. The number of hydrogen-bond acceptors (Lipinski definition) is 3. The molecule has 1 N–H and O–H groups in total. The second kappa shape index (κ2) is 7.69. The van der Waals surface area contributed by atoms with Crippen LogP contribution in [0.1, 0.15) is 19.8 Å². The third kappa shape index (κ3) is 3.71. The Hall–Kier alpha value is -2.04. The lowest BCUT2D eigenvalue weighted by molar-refractivity contribution is 0.299. The van der Waals surface area contributed by atoms with E-state index < -0.39 is 0 Å². The fraction of sp³-hybridized carbons (Fsp3) is 0.222. The summed E-state index contributed by atoms with van der Waals surface area (Å²) in [6, 6.07) is 9.17. The number of benzene rings is 1. The molecule has 0 saturated carbocycles. The van der Waals surface area contributed by atoms with Gasteiger partial charge < -0.3 is 9.72 Å². The van der Waals surface area contributed by atoms with Gasteiger partial charge in [-0.3, -0.25) is 0 Å². The molecule has 0 saturated heterocycles. The molecule has 6 heteroatoms. The van der Waals surface area contributed by atoms with Crippen LogP contribution in [0.5, 0.6) is 5.88 Å². The molecular weight excluding hydrogens is 345 g/mol. The van der Waals surface area contributed by atoms with Gasteiger partial charge >= 0.3 is 0 Å². The van der Waals surface area contributed by atoms with Gasteiger partial charge in [0.25, 0.3) is 0 Å². The van der Waals surface area contributed by atoms with E-state index in [4.69, 9.17) is 27.9 Å². The van der Waals surface area contributed by atoms with Crippen molar-refractivity contribution in [3.8, 4) is 28.5 Å². The van der Waals surface area contributed by atoms with Crippen LogP contribution in [0.15, 0.2) is 42.7 Å². The van der Waals surface area contributed by atoms with Gasteiger partial charge in [-0.2, -0.15) is 0 Å². The number of imidazole rings is 1. The van der Waals surface area contributed by atoms with Gasteiger partial charge in [-0.15, -0.1) is 0 Å². The first-order valence-corrected chi connectivity index (χ1v) is 8.53. The van der Waals surface area contributed by atoms with Crippen LogP contribution < -0.4 is 4.74 Å². The third-order valence-electron chi connectivity index (χ3n) is 3.56. The van der Waals surface area contributed by atoms with Gasteiger partial charge in [-0.1, -0.05) is 36.5 Å². The number of pyridine rings is 1. The molecule has 0 aliphatic carbocycles. The molecule has 0 atom stereocenters. The van der Waals surface area contributed by atoms with Crippen LogP contribution in [0.4, 0.5) is 0 Å². The van der Waals surface area contributed by atoms with Crippen molar-refractivity contribution in [3.63, 3.8) is 0 Å². The Morgan fingerprint density at radius 3 is 2.79 bits per heavy atom. The van der Waals surface area contributed by atoms with Crippen LogP contribution >= 0.6 is 23.2 Å². The minimum Gasteiger partial charge on any atom is -0.477 e. The summed E-state index contributed by atoms with van der Waals surface area (Å²) in [7, 11) is 0. The minimum absolute atomic E-state index is 0.573. The highest BCUT2D eigenvalue weighted by molar-refractivity contribution is 6.36. The molecule has 0 unspecified atom stereocenters. The molecule has 0 amide bonds. The zero-order valence-corrected chi connectivity index (χ0v) is 14.7. The van der Waals surface area contributed by atoms with Gasteiger partial charge in [-0.25, -0.2) is 9.97 Å². The first kappa shape index (κ1) is 16.8. The maximum absolute atomic E-state index is 6.27. The lowest BCUT2D eigenvalue weighted by Gasteiger charge is -2.08. The molecule has 2 aromatic heterocycles. The van der Waals surface area contributed by atoms with E-state index in [0.717, 1.165) is 29.7 Å². The Kier molecular flexibility index (Phi) is 5.38. The normalized spacial score (nSPS) is 10.8. The number of halogens is 2. The standard InChI is InChI=1S/C18H17Cl2N3O/c1-2-3-9-24-18-14(5-4-8-21-18)17-22-11-16(23-17)13-7-6-12(19)10-15(13)20/h4-8,10-11H,2-3,9H2,1H3,(H,22,23). The Morgan fingerprint density at radius 1 is 1.12 bits per heavy atom. The summed E-state index contributed by atoms with van der Waals surface area (Å²) in [6.45, 7) is 2.76. The van der Waals surface area contributed by atoms with Gasteiger partial charge in [0.2, 0.25) is 5.88 Å². The van der Waals surface area contributed by atoms with Crippen molar-refractivity contribution in [2.45, 2.75) is 19.8 Å². The molecule has 3 aromatic rings. The highest BCUT2D eigenvalue weighted by Gasteiger charge is 2.13. The van der Waals surface area contributed by atoms with Crippen LogP contribution in [-0.4, -0.2) is 21.6 Å². The highest BCUT2D eigenvalue weighted by atomic mass is 35.5. The number of unbranched alkanes of at least 4 members (excludes halogenated alkanes) is 1. The van der Waals surface area contributed by atoms with Crippen molar-refractivity contribution in [3.05, 3.63) is 52.8 Å². The molecule has 24 heavy (non-hydrogen) atoms. The van der Waals surface area contributed by atoms with Crippen LogP contribution in [0.3, 0.4) is 0 Å². The first-order valence-electron chi connectivity index (χ1n) is 7.77. The third-order valence-corrected chi connectivity index (χ3v) is 4.11. The van der Waals surface area contributed by atoms with E-state index >= 15 is 0 Å². The SMILES string of the molecule is CCCCOc1ncccc1-c1ncc(-c2ccc(Cl)cc2Cl)[nH]1. The number of H-pyrrole nitrogens is 1. The number of rotatable bonds is 6. The van der Waals surface area contributed by atoms with Gasteiger partial charge in [-0.05, 0) is 36.8 Å². The molecule has 0 spiro atoms. The second-order valence-corrected chi connectivity index (χ2v) is 6.17. The summed E-state index contributed by atoms with van der Waals surface area (Å²) < 4.78 is 5.77. The zero-order valence-electron chi connectivity index (χ0n) is 13.2. The second-order valence-electron chi connectivity index (χ2n) is 5.33. The predicted octanol–water partition coefficient (Wildman–Crippen LogP) is 5.62. The van der Waals surface area contributed by atoms with Crippen LogP contribution in [0.2, 0.25) is 10.0 Å². The molecule has 0 radical (unpaired) electrons. The van der Waals surface area contributed by atoms with Crippen LogP contribution in [-0.2, 0) is 0 Å². The summed E-state index contributed by atoms with van der Waals surface area (Å²) >= 11 is 12.2. The van der Waals surface area contributed by atoms with E-state index in [-0.39, 0.29) is 0 Å². The van der Waals surface area contributed by atoms with E-state index in [0.29, 0.717) is 28.4 Å². The Balaban J connectivity index is 1.91. The Bertz CT molecular complexity index is 833. The van der Waals surface area contributed by atoms with Gasteiger partial charge in [0.1, 0.15) is 5.82 Å². The summed E-state index contributed by atoms with van der Waals surface area (Å²) in [5.41, 5.74) is 2.48. The number of ether oxygens (including phenoxy) is 1. The maximum Gasteiger partial charge on any atom is 0.224 e. The zero-order chi connectivity index (χ0) is 16.9. The number of nitrogens with one attached hydrogen (secondary N) is 1. The summed E-state index contributed by atoms with van der Waals surface area (Å²) in [6.07, 6.45) is 5.51. The maximum atomic E-state index is 6.27. The lowest BCUT2D eigenvalue weighted by Crippen LogP contribution is -2.00. The first-order chi connectivity index (χ1) is 11.7. The average Bonchev–Trinajstić information content (AvgIpc) is 3.05. The Labute approximate surface area is 150 Å². The van der Waals surface area contributed by atoms with Gasteiger partial charge in [0.05, 0.1) is 29.1 Å². The van der Waals surface area contributed by atoms with Crippen LogP contribution in [0, 0.1) is 0 Å². The molecule has 124 valence electrons.